The van der Waals surface area contributed by atoms with Crippen LogP contribution in [0.1, 0.15) is 16.4 Å². The van der Waals surface area contributed by atoms with Crippen LogP contribution in [0.5, 0.6) is 0 Å². The molecule has 1 atom stereocenters. The smallest absolute Gasteiger partial charge is 0.284 e. The van der Waals surface area contributed by atoms with Gasteiger partial charge in [0.1, 0.15) is 6.26 Å². The van der Waals surface area contributed by atoms with Crippen LogP contribution >= 0.6 is 22.6 Å². The Labute approximate surface area is 65.5 Å². The SMILES string of the molecule is C[C@@H](I)c1co[nH]c1=O. The molecule has 1 N–H and O–H groups in total. The van der Waals surface area contributed by atoms with Crippen molar-refractivity contribution in [3.8, 4) is 0 Å². The van der Waals surface area contributed by atoms with E-state index in [2.05, 4.69) is 32.3 Å². The quantitative estimate of drug-likeness (QED) is 0.595. The Morgan fingerprint density at radius 2 is 2.56 bits per heavy atom. The van der Waals surface area contributed by atoms with E-state index in [0.717, 1.165) is 0 Å². The second-order valence-electron chi connectivity index (χ2n) is 1.74. The third-order valence-electron chi connectivity index (χ3n) is 1.03. The van der Waals surface area contributed by atoms with E-state index in [-0.39, 0.29) is 9.48 Å². The summed E-state index contributed by atoms with van der Waals surface area (Å²) < 4.78 is 4.78. The molecule has 0 aliphatic rings. The number of aromatic amines is 1. The number of hydrogen-bond acceptors (Lipinski definition) is 2. The Bertz CT molecular complexity index is 237. The minimum atomic E-state index is -0.128. The molecule has 0 aromatic carbocycles. The summed E-state index contributed by atoms with van der Waals surface area (Å²) in [7, 11) is 0. The highest BCUT2D eigenvalue weighted by Crippen LogP contribution is 2.17. The minimum absolute atomic E-state index is 0.128. The van der Waals surface area contributed by atoms with Gasteiger partial charge in [-0.1, -0.05) is 22.6 Å². The minimum Gasteiger partial charge on any atom is -0.387 e. The molecule has 0 saturated heterocycles. The van der Waals surface area contributed by atoms with Gasteiger partial charge in [0.2, 0.25) is 0 Å². The summed E-state index contributed by atoms with van der Waals surface area (Å²) in [5.41, 5.74) is 0.563. The van der Waals surface area contributed by atoms with Crippen LogP contribution in [-0.4, -0.2) is 5.16 Å². The van der Waals surface area contributed by atoms with Gasteiger partial charge < -0.3 is 4.52 Å². The third kappa shape index (κ3) is 1.35. The van der Waals surface area contributed by atoms with Gasteiger partial charge in [0.15, 0.2) is 0 Å². The highest BCUT2D eigenvalue weighted by molar-refractivity contribution is 14.1. The van der Waals surface area contributed by atoms with E-state index in [4.69, 9.17) is 0 Å². The molecule has 0 fully saturated rings. The fourth-order valence-corrected chi connectivity index (χ4v) is 0.963. The number of H-pyrrole nitrogens is 1. The van der Waals surface area contributed by atoms with Crippen molar-refractivity contribution in [1.82, 2.24) is 5.16 Å². The lowest BCUT2D eigenvalue weighted by Gasteiger charge is -1.90. The molecule has 1 aromatic heterocycles. The fraction of sp³-hybridized carbons (Fsp3) is 0.400. The van der Waals surface area contributed by atoms with Crippen molar-refractivity contribution in [2.45, 2.75) is 10.8 Å². The van der Waals surface area contributed by atoms with Crippen molar-refractivity contribution < 1.29 is 4.52 Å². The highest BCUT2D eigenvalue weighted by Gasteiger charge is 2.06. The molecule has 0 radical (unpaired) electrons. The molecule has 0 bridgehead atoms. The van der Waals surface area contributed by atoms with Crippen molar-refractivity contribution in [2.75, 3.05) is 0 Å². The number of alkyl halides is 1. The first-order chi connectivity index (χ1) is 4.22. The Hall–Kier alpha value is -0.260. The molecule has 9 heavy (non-hydrogen) atoms. The molecule has 1 heterocycles. The monoisotopic (exact) mass is 239 g/mol. The Morgan fingerprint density at radius 3 is 2.78 bits per heavy atom. The normalized spacial score (nSPS) is 13.6. The second-order valence-corrected chi connectivity index (χ2v) is 3.61. The van der Waals surface area contributed by atoms with Gasteiger partial charge in [0.05, 0.1) is 5.56 Å². The summed E-state index contributed by atoms with van der Waals surface area (Å²) in [5, 5.41) is 2.21. The second kappa shape index (κ2) is 2.55. The van der Waals surface area contributed by atoms with E-state index in [9.17, 15) is 4.79 Å². The maximum absolute atomic E-state index is 10.7. The van der Waals surface area contributed by atoms with Gasteiger partial charge in [-0.25, -0.2) is 0 Å². The van der Waals surface area contributed by atoms with Crippen LogP contribution in [0.2, 0.25) is 0 Å². The van der Waals surface area contributed by atoms with Crippen molar-refractivity contribution in [3.63, 3.8) is 0 Å². The average Bonchev–Trinajstić information content (AvgIpc) is 2.13. The van der Waals surface area contributed by atoms with Crippen LogP contribution in [0.15, 0.2) is 15.6 Å². The summed E-state index contributed by atoms with van der Waals surface area (Å²) in [6, 6.07) is 0. The molecule has 1 rings (SSSR count). The molecule has 0 amide bonds. The zero-order chi connectivity index (χ0) is 6.85. The molecule has 3 nitrogen and oxygen atoms in total. The van der Waals surface area contributed by atoms with Crippen LogP contribution in [0.25, 0.3) is 0 Å². The van der Waals surface area contributed by atoms with Crippen LogP contribution < -0.4 is 5.56 Å². The van der Waals surface area contributed by atoms with E-state index in [1.165, 1.54) is 6.26 Å². The summed E-state index contributed by atoms with van der Waals surface area (Å²) in [6.45, 7) is 1.93. The predicted molar refractivity (Wildman–Crippen MR) is 41.8 cm³/mol. The van der Waals surface area contributed by atoms with Crippen LogP contribution in [0.3, 0.4) is 0 Å². The fourth-order valence-electron chi connectivity index (χ4n) is 0.533. The first kappa shape index (κ1) is 6.85. The number of halogens is 1. The van der Waals surface area contributed by atoms with Gasteiger partial charge in [-0.05, 0) is 6.92 Å². The van der Waals surface area contributed by atoms with Gasteiger partial charge in [0.25, 0.3) is 5.56 Å². The highest BCUT2D eigenvalue weighted by atomic mass is 127. The molecular formula is C5H6INO2. The third-order valence-corrected chi connectivity index (χ3v) is 1.70. The topological polar surface area (TPSA) is 46.0 Å². The Balaban J connectivity index is 3.08. The van der Waals surface area contributed by atoms with Gasteiger partial charge in [-0.15, -0.1) is 0 Å². The molecule has 1 aromatic rings. The van der Waals surface area contributed by atoms with Crippen LogP contribution in [0, 0.1) is 0 Å². The van der Waals surface area contributed by atoms with Gasteiger partial charge in [0, 0.05) is 3.92 Å². The summed E-state index contributed by atoms with van der Waals surface area (Å²) in [4.78, 5) is 10.7. The lowest BCUT2D eigenvalue weighted by atomic mass is 10.3. The predicted octanol–water partition coefficient (Wildman–Crippen LogP) is 1.46. The van der Waals surface area contributed by atoms with Gasteiger partial charge in [-0.2, -0.15) is 5.16 Å². The van der Waals surface area contributed by atoms with Crippen molar-refractivity contribution in [2.24, 2.45) is 0 Å². The first-order valence-corrected chi connectivity index (χ1v) is 3.76. The summed E-state index contributed by atoms with van der Waals surface area (Å²) in [5.74, 6) is 0. The summed E-state index contributed by atoms with van der Waals surface area (Å²) in [6.07, 6.45) is 1.44. The molecule has 4 heteroatoms. The molecular weight excluding hydrogens is 233 g/mol. The van der Waals surface area contributed by atoms with E-state index in [1.54, 1.807) is 0 Å². The number of rotatable bonds is 1. The van der Waals surface area contributed by atoms with E-state index in [1.807, 2.05) is 6.92 Å². The number of hydrogen-bond donors (Lipinski definition) is 1. The van der Waals surface area contributed by atoms with E-state index in [0.29, 0.717) is 5.56 Å². The Kier molecular flexibility index (Phi) is 1.94. The number of aromatic nitrogens is 1. The lowest BCUT2D eigenvalue weighted by molar-refractivity contribution is 0.413. The molecule has 0 saturated carbocycles. The van der Waals surface area contributed by atoms with Crippen LogP contribution in [0.4, 0.5) is 0 Å². The number of nitrogens with one attached hydrogen (secondary N) is 1. The molecule has 0 spiro atoms. The molecule has 0 unspecified atom stereocenters. The standard InChI is InChI=1S/C5H6INO2/c1-3(6)4-2-9-7-5(4)8/h2-3H,1H3,(H,7,8)/t3-/m1/s1. The maximum atomic E-state index is 10.7. The summed E-state index contributed by atoms with van der Waals surface area (Å²) >= 11 is 2.15. The van der Waals surface area contributed by atoms with Crippen molar-refractivity contribution >= 4 is 22.6 Å². The zero-order valence-electron chi connectivity index (χ0n) is 4.85. The van der Waals surface area contributed by atoms with Gasteiger partial charge >= 0.3 is 0 Å². The molecule has 50 valence electrons. The van der Waals surface area contributed by atoms with Gasteiger partial charge in [-0.3, -0.25) is 4.79 Å². The maximum Gasteiger partial charge on any atom is 0.284 e. The van der Waals surface area contributed by atoms with E-state index < -0.39 is 0 Å². The van der Waals surface area contributed by atoms with E-state index >= 15 is 0 Å². The molecule has 0 aliphatic carbocycles. The van der Waals surface area contributed by atoms with Crippen molar-refractivity contribution in [1.29, 1.82) is 0 Å². The molecule has 0 aliphatic heterocycles. The Morgan fingerprint density at radius 1 is 1.89 bits per heavy atom. The first-order valence-electron chi connectivity index (χ1n) is 2.52. The van der Waals surface area contributed by atoms with Crippen molar-refractivity contribution in [3.05, 3.63) is 22.2 Å². The van der Waals surface area contributed by atoms with Crippen LogP contribution in [-0.2, 0) is 0 Å². The average molecular weight is 239 g/mol. The largest absolute Gasteiger partial charge is 0.387 e. The lowest BCUT2D eigenvalue weighted by Crippen LogP contribution is -2.04. The zero-order valence-corrected chi connectivity index (χ0v) is 7.01.